The highest BCUT2D eigenvalue weighted by Gasteiger charge is 2.03. The third-order valence-electron chi connectivity index (χ3n) is 2.78. The van der Waals surface area contributed by atoms with E-state index in [2.05, 4.69) is 48.5 Å². The predicted molar refractivity (Wildman–Crippen MR) is 96.5 cm³/mol. The SMILES string of the molecule is CCNC(=NCCc1cc(C)ccc1OC)NCC.I. The number of rotatable bonds is 6. The van der Waals surface area contributed by atoms with E-state index < -0.39 is 0 Å². The zero-order valence-electron chi connectivity index (χ0n) is 12.8. The average Bonchev–Trinajstić information content (AvgIpc) is 2.39. The van der Waals surface area contributed by atoms with Crippen molar-refractivity contribution >= 4 is 29.9 Å². The first-order valence-corrected chi connectivity index (χ1v) is 6.87. The summed E-state index contributed by atoms with van der Waals surface area (Å²) in [4.78, 5) is 4.54. The van der Waals surface area contributed by atoms with Gasteiger partial charge in [-0.1, -0.05) is 17.7 Å². The van der Waals surface area contributed by atoms with Gasteiger partial charge in [-0.05, 0) is 38.8 Å². The second kappa shape index (κ2) is 10.8. The Balaban J connectivity index is 0.00000361. The lowest BCUT2D eigenvalue weighted by Crippen LogP contribution is -2.37. The molecule has 1 rings (SSSR count). The average molecular weight is 391 g/mol. The quantitative estimate of drug-likeness (QED) is 0.445. The maximum absolute atomic E-state index is 5.37. The molecule has 0 spiro atoms. The summed E-state index contributed by atoms with van der Waals surface area (Å²) in [6.45, 7) is 8.72. The summed E-state index contributed by atoms with van der Waals surface area (Å²) in [5.41, 5.74) is 2.46. The van der Waals surface area contributed by atoms with Gasteiger partial charge in [-0.15, -0.1) is 24.0 Å². The van der Waals surface area contributed by atoms with E-state index in [9.17, 15) is 0 Å². The number of hydrogen-bond acceptors (Lipinski definition) is 2. The molecular formula is C15H26IN3O. The summed E-state index contributed by atoms with van der Waals surface area (Å²) >= 11 is 0. The number of ether oxygens (including phenoxy) is 1. The molecule has 0 radical (unpaired) electrons. The van der Waals surface area contributed by atoms with E-state index in [0.717, 1.165) is 37.8 Å². The van der Waals surface area contributed by atoms with Crippen LogP contribution in [0.5, 0.6) is 5.75 Å². The molecule has 0 fully saturated rings. The van der Waals surface area contributed by atoms with Crippen LogP contribution in [0.4, 0.5) is 0 Å². The molecule has 0 amide bonds. The third-order valence-corrected chi connectivity index (χ3v) is 2.78. The molecule has 0 aliphatic heterocycles. The minimum Gasteiger partial charge on any atom is -0.496 e. The van der Waals surface area contributed by atoms with Crippen LogP contribution < -0.4 is 15.4 Å². The maximum Gasteiger partial charge on any atom is 0.191 e. The molecule has 4 nitrogen and oxygen atoms in total. The molecule has 0 heterocycles. The molecule has 114 valence electrons. The number of nitrogens with one attached hydrogen (secondary N) is 2. The van der Waals surface area contributed by atoms with Gasteiger partial charge >= 0.3 is 0 Å². The van der Waals surface area contributed by atoms with Gasteiger partial charge in [0.25, 0.3) is 0 Å². The highest BCUT2D eigenvalue weighted by Crippen LogP contribution is 2.19. The van der Waals surface area contributed by atoms with E-state index in [1.807, 2.05) is 6.07 Å². The Bertz CT molecular complexity index is 414. The minimum atomic E-state index is 0. The topological polar surface area (TPSA) is 45.7 Å². The van der Waals surface area contributed by atoms with Crippen LogP contribution in [-0.4, -0.2) is 32.7 Å². The summed E-state index contributed by atoms with van der Waals surface area (Å²) in [5, 5.41) is 6.43. The van der Waals surface area contributed by atoms with Crippen molar-refractivity contribution in [3.63, 3.8) is 0 Å². The maximum atomic E-state index is 5.37. The standard InChI is InChI=1S/C15H25N3O.HI/c1-5-16-15(17-6-2)18-10-9-13-11-12(3)7-8-14(13)19-4;/h7-8,11H,5-6,9-10H2,1-4H3,(H2,16,17,18);1H. The molecule has 20 heavy (non-hydrogen) atoms. The van der Waals surface area contributed by atoms with E-state index >= 15 is 0 Å². The monoisotopic (exact) mass is 391 g/mol. The zero-order chi connectivity index (χ0) is 14.1. The fourth-order valence-electron chi connectivity index (χ4n) is 1.90. The van der Waals surface area contributed by atoms with Crippen molar-refractivity contribution in [2.75, 3.05) is 26.7 Å². The molecule has 5 heteroatoms. The first-order chi connectivity index (χ1) is 9.21. The van der Waals surface area contributed by atoms with Crippen LogP contribution in [0.1, 0.15) is 25.0 Å². The van der Waals surface area contributed by atoms with Crippen molar-refractivity contribution in [3.8, 4) is 5.75 Å². The number of aryl methyl sites for hydroxylation is 1. The van der Waals surface area contributed by atoms with Crippen LogP contribution in [0, 0.1) is 6.92 Å². The minimum absolute atomic E-state index is 0. The fourth-order valence-corrected chi connectivity index (χ4v) is 1.90. The van der Waals surface area contributed by atoms with Gasteiger partial charge in [0.05, 0.1) is 7.11 Å². The summed E-state index contributed by atoms with van der Waals surface area (Å²) in [6, 6.07) is 6.24. The number of aliphatic imine (C=N–C) groups is 1. The molecule has 0 atom stereocenters. The van der Waals surface area contributed by atoms with E-state index in [4.69, 9.17) is 4.74 Å². The van der Waals surface area contributed by atoms with Gasteiger partial charge in [0.1, 0.15) is 5.75 Å². The fraction of sp³-hybridized carbons (Fsp3) is 0.533. The lowest BCUT2D eigenvalue weighted by molar-refractivity contribution is 0.409. The molecule has 0 aliphatic rings. The lowest BCUT2D eigenvalue weighted by Gasteiger charge is -2.10. The molecule has 0 aromatic heterocycles. The Kier molecular flexibility index (Phi) is 10.2. The van der Waals surface area contributed by atoms with Gasteiger partial charge in [0, 0.05) is 19.6 Å². The molecule has 0 saturated heterocycles. The lowest BCUT2D eigenvalue weighted by atomic mass is 10.1. The van der Waals surface area contributed by atoms with Crippen molar-refractivity contribution in [1.82, 2.24) is 10.6 Å². The van der Waals surface area contributed by atoms with Crippen LogP contribution in [-0.2, 0) is 6.42 Å². The van der Waals surface area contributed by atoms with Crippen LogP contribution >= 0.6 is 24.0 Å². The van der Waals surface area contributed by atoms with Crippen LogP contribution in [0.3, 0.4) is 0 Å². The molecule has 1 aromatic carbocycles. The van der Waals surface area contributed by atoms with Crippen LogP contribution in [0.15, 0.2) is 23.2 Å². The number of halogens is 1. The van der Waals surface area contributed by atoms with Gasteiger partial charge < -0.3 is 15.4 Å². The van der Waals surface area contributed by atoms with Crippen molar-refractivity contribution in [1.29, 1.82) is 0 Å². The van der Waals surface area contributed by atoms with Gasteiger partial charge in [-0.25, -0.2) is 0 Å². The second-order valence-electron chi connectivity index (χ2n) is 4.36. The Morgan fingerprint density at radius 2 is 1.85 bits per heavy atom. The highest BCUT2D eigenvalue weighted by molar-refractivity contribution is 14.0. The number of guanidine groups is 1. The zero-order valence-corrected chi connectivity index (χ0v) is 15.2. The molecule has 0 bridgehead atoms. The number of hydrogen-bond donors (Lipinski definition) is 2. The Morgan fingerprint density at radius 3 is 2.40 bits per heavy atom. The smallest absolute Gasteiger partial charge is 0.191 e. The van der Waals surface area contributed by atoms with Gasteiger partial charge in [0.15, 0.2) is 5.96 Å². The molecular weight excluding hydrogens is 365 g/mol. The van der Waals surface area contributed by atoms with Crippen molar-refractivity contribution in [3.05, 3.63) is 29.3 Å². The summed E-state index contributed by atoms with van der Waals surface area (Å²) in [7, 11) is 1.71. The molecule has 0 unspecified atom stereocenters. The predicted octanol–water partition coefficient (Wildman–Crippen LogP) is 2.74. The molecule has 0 aliphatic carbocycles. The van der Waals surface area contributed by atoms with E-state index in [1.165, 1.54) is 11.1 Å². The van der Waals surface area contributed by atoms with E-state index in [-0.39, 0.29) is 24.0 Å². The number of nitrogens with zero attached hydrogens (tertiary/aromatic N) is 1. The Hall–Kier alpha value is -0.980. The Labute approximate surface area is 139 Å². The molecule has 2 N–H and O–H groups in total. The van der Waals surface area contributed by atoms with E-state index in [0.29, 0.717) is 0 Å². The van der Waals surface area contributed by atoms with Crippen molar-refractivity contribution in [2.45, 2.75) is 27.2 Å². The van der Waals surface area contributed by atoms with Crippen LogP contribution in [0.25, 0.3) is 0 Å². The van der Waals surface area contributed by atoms with Gasteiger partial charge in [-0.3, -0.25) is 4.99 Å². The summed E-state index contributed by atoms with van der Waals surface area (Å²) in [5.74, 6) is 1.81. The van der Waals surface area contributed by atoms with Crippen molar-refractivity contribution in [2.24, 2.45) is 4.99 Å². The van der Waals surface area contributed by atoms with Gasteiger partial charge in [-0.2, -0.15) is 0 Å². The molecule has 1 aromatic rings. The first kappa shape index (κ1) is 19.0. The summed E-state index contributed by atoms with van der Waals surface area (Å²) < 4.78 is 5.37. The number of methoxy groups -OCH3 is 1. The van der Waals surface area contributed by atoms with Crippen LogP contribution in [0.2, 0.25) is 0 Å². The summed E-state index contributed by atoms with van der Waals surface area (Å²) in [6.07, 6.45) is 0.880. The van der Waals surface area contributed by atoms with E-state index in [1.54, 1.807) is 7.11 Å². The van der Waals surface area contributed by atoms with Crippen molar-refractivity contribution < 1.29 is 4.74 Å². The van der Waals surface area contributed by atoms with Gasteiger partial charge in [0.2, 0.25) is 0 Å². The number of benzene rings is 1. The largest absolute Gasteiger partial charge is 0.496 e. The third kappa shape index (κ3) is 6.45. The second-order valence-corrected chi connectivity index (χ2v) is 4.36. The molecule has 0 saturated carbocycles. The first-order valence-electron chi connectivity index (χ1n) is 6.87. The normalized spacial score (nSPS) is 9.40. The Morgan fingerprint density at radius 1 is 1.20 bits per heavy atom. The highest BCUT2D eigenvalue weighted by atomic mass is 127.